The summed E-state index contributed by atoms with van der Waals surface area (Å²) in [6, 6.07) is 3.87. The molecule has 0 bridgehead atoms. The normalized spacial score (nSPS) is 19.8. The Morgan fingerprint density at radius 2 is 2.10 bits per heavy atom. The molecule has 160 valence electrons. The van der Waals surface area contributed by atoms with E-state index in [2.05, 4.69) is 27.1 Å². The monoisotopic (exact) mass is 451 g/mol. The molecule has 2 aliphatic rings. The van der Waals surface area contributed by atoms with E-state index in [1.807, 2.05) is 23.5 Å². The Balaban J connectivity index is 1.16. The predicted molar refractivity (Wildman–Crippen MR) is 126 cm³/mol. The maximum absolute atomic E-state index is 5.48. The highest BCUT2D eigenvalue weighted by atomic mass is 32.1. The van der Waals surface area contributed by atoms with Gasteiger partial charge in [-0.15, -0.1) is 22.7 Å². The molecule has 1 atom stereocenters. The number of thiazole rings is 1. The van der Waals surface area contributed by atoms with Gasteiger partial charge in [-0.25, -0.2) is 15.0 Å². The number of aryl methyl sites for hydroxylation is 1. The zero-order valence-corrected chi connectivity index (χ0v) is 19.2. The first-order valence-corrected chi connectivity index (χ1v) is 12.6. The lowest BCUT2D eigenvalue weighted by Crippen LogP contribution is -2.46. The van der Waals surface area contributed by atoms with Crippen molar-refractivity contribution in [1.29, 1.82) is 0 Å². The first-order valence-electron chi connectivity index (χ1n) is 11.0. The van der Waals surface area contributed by atoms with Gasteiger partial charge in [-0.05, 0) is 42.9 Å². The van der Waals surface area contributed by atoms with Gasteiger partial charge in [-0.1, -0.05) is 6.92 Å². The fraction of sp³-hybridized carbons (Fsp3) is 0.435. The van der Waals surface area contributed by atoms with Crippen molar-refractivity contribution in [3.8, 4) is 10.8 Å². The Morgan fingerprint density at radius 3 is 2.94 bits per heavy atom. The zero-order chi connectivity index (χ0) is 20.8. The molecule has 0 aromatic carbocycles. The smallest absolute Gasteiger partial charge is 0.162 e. The third kappa shape index (κ3) is 3.66. The average Bonchev–Trinajstić information content (AvgIpc) is 3.53. The lowest BCUT2D eigenvalue weighted by molar-refractivity contribution is 0.247. The molecule has 4 aromatic heterocycles. The second-order valence-electron chi connectivity index (χ2n) is 8.61. The summed E-state index contributed by atoms with van der Waals surface area (Å²) >= 11 is 3.53. The molecule has 0 radical (unpaired) electrons. The molecule has 1 fully saturated rings. The van der Waals surface area contributed by atoms with Crippen molar-refractivity contribution in [2.45, 2.75) is 32.7 Å². The van der Waals surface area contributed by atoms with Gasteiger partial charge in [0.25, 0.3) is 0 Å². The van der Waals surface area contributed by atoms with Gasteiger partial charge in [-0.2, -0.15) is 0 Å². The van der Waals surface area contributed by atoms with Crippen LogP contribution in [0.25, 0.3) is 21.0 Å². The minimum absolute atomic E-state index is 0.777. The van der Waals surface area contributed by atoms with Crippen LogP contribution < -0.4 is 4.90 Å². The number of anilines is 1. The van der Waals surface area contributed by atoms with Crippen LogP contribution in [0.3, 0.4) is 0 Å². The van der Waals surface area contributed by atoms with Crippen molar-refractivity contribution in [2.75, 3.05) is 31.1 Å². The van der Waals surface area contributed by atoms with E-state index in [9.17, 15) is 0 Å². The van der Waals surface area contributed by atoms with Crippen LogP contribution >= 0.6 is 22.7 Å². The number of hydrogen-bond acceptors (Lipinski definition) is 8. The fourth-order valence-corrected chi connectivity index (χ4v) is 6.86. The van der Waals surface area contributed by atoms with Gasteiger partial charge in [0.05, 0.1) is 17.3 Å². The molecule has 1 saturated heterocycles. The first kappa shape index (κ1) is 19.4. The van der Waals surface area contributed by atoms with Gasteiger partial charge in [0.1, 0.15) is 17.0 Å². The molecule has 0 saturated carbocycles. The number of hydrogen-bond donors (Lipinski definition) is 0. The Labute approximate surface area is 189 Å². The molecule has 5 heterocycles. The third-order valence-electron chi connectivity index (χ3n) is 6.41. The number of furan rings is 1. The number of aromatic nitrogens is 3. The van der Waals surface area contributed by atoms with E-state index in [-0.39, 0.29) is 0 Å². The molecule has 6 nitrogen and oxygen atoms in total. The molecule has 4 aromatic rings. The van der Waals surface area contributed by atoms with Crippen LogP contribution in [0.4, 0.5) is 5.82 Å². The topological polar surface area (TPSA) is 58.3 Å². The van der Waals surface area contributed by atoms with Crippen molar-refractivity contribution in [3.05, 3.63) is 46.2 Å². The van der Waals surface area contributed by atoms with Crippen LogP contribution in [0.1, 0.15) is 29.5 Å². The number of piperazine rings is 1. The molecule has 6 rings (SSSR count). The largest absolute Gasteiger partial charge is 0.462 e. The summed E-state index contributed by atoms with van der Waals surface area (Å²) in [6.07, 6.45) is 7.08. The minimum atomic E-state index is 0.777. The molecule has 8 heteroatoms. The van der Waals surface area contributed by atoms with Gasteiger partial charge in [0, 0.05) is 43.0 Å². The van der Waals surface area contributed by atoms with E-state index >= 15 is 0 Å². The predicted octanol–water partition coefficient (Wildman–Crippen LogP) is 4.85. The number of nitrogens with zero attached hydrogens (tertiary/aromatic N) is 5. The summed E-state index contributed by atoms with van der Waals surface area (Å²) in [5.74, 6) is 2.77. The molecule has 1 aliphatic heterocycles. The molecule has 0 N–H and O–H groups in total. The van der Waals surface area contributed by atoms with Crippen LogP contribution in [-0.2, 0) is 19.4 Å². The SMILES string of the molecule is CC1CCc2c(sc3ncnc(N4CCN(Cc5csc(-c6ccco6)n5)CC4)c23)C1. The van der Waals surface area contributed by atoms with Gasteiger partial charge >= 0.3 is 0 Å². The number of thiophene rings is 1. The van der Waals surface area contributed by atoms with Crippen LogP contribution in [0.5, 0.6) is 0 Å². The fourth-order valence-electron chi connectivity index (χ4n) is 4.74. The standard InChI is InChI=1S/C23H25N5OS2/c1-15-4-5-17-19(11-15)31-23-20(17)21(24-14-25-23)28-8-6-27(7-9-28)12-16-13-30-22(26-16)18-3-2-10-29-18/h2-3,10,13-15H,4-9,11-12H2,1H3. The molecule has 0 amide bonds. The second-order valence-corrected chi connectivity index (χ2v) is 10.6. The van der Waals surface area contributed by atoms with Crippen LogP contribution in [0.2, 0.25) is 0 Å². The Morgan fingerprint density at radius 1 is 1.19 bits per heavy atom. The van der Waals surface area contributed by atoms with Gasteiger partial charge in [0.2, 0.25) is 0 Å². The van der Waals surface area contributed by atoms with Crippen molar-refractivity contribution < 1.29 is 4.42 Å². The first-order chi connectivity index (χ1) is 15.2. The highest BCUT2D eigenvalue weighted by Crippen LogP contribution is 2.40. The highest BCUT2D eigenvalue weighted by Gasteiger charge is 2.26. The van der Waals surface area contributed by atoms with Crippen LogP contribution in [0.15, 0.2) is 34.5 Å². The molecule has 1 aliphatic carbocycles. The minimum Gasteiger partial charge on any atom is -0.462 e. The van der Waals surface area contributed by atoms with Crippen LogP contribution in [-0.4, -0.2) is 46.0 Å². The van der Waals surface area contributed by atoms with Gasteiger partial charge in [0.15, 0.2) is 10.8 Å². The van der Waals surface area contributed by atoms with E-state index in [0.29, 0.717) is 0 Å². The Bertz CT molecular complexity index is 1190. The van der Waals surface area contributed by atoms with E-state index in [1.54, 1.807) is 23.9 Å². The van der Waals surface area contributed by atoms with Crippen molar-refractivity contribution >= 4 is 38.7 Å². The van der Waals surface area contributed by atoms with E-state index in [0.717, 1.165) is 60.9 Å². The molecule has 1 unspecified atom stereocenters. The molecular formula is C23H25N5OS2. The quantitative estimate of drug-likeness (QED) is 0.442. The van der Waals surface area contributed by atoms with Crippen molar-refractivity contribution in [1.82, 2.24) is 19.9 Å². The maximum Gasteiger partial charge on any atom is 0.162 e. The Kier molecular flexibility index (Phi) is 5.01. The summed E-state index contributed by atoms with van der Waals surface area (Å²) in [4.78, 5) is 21.8. The molecule has 31 heavy (non-hydrogen) atoms. The molecule has 0 spiro atoms. The summed E-state index contributed by atoms with van der Waals surface area (Å²) < 4.78 is 5.48. The molecular weight excluding hydrogens is 426 g/mol. The summed E-state index contributed by atoms with van der Waals surface area (Å²) in [6.45, 7) is 7.25. The lowest BCUT2D eigenvalue weighted by Gasteiger charge is -2.35. The summed E-state index contributed by atoms with van der Waals surface area (Å²) in [7, 11) is 0. The summed E-state index contributed by atoms with van der Waals surface area (Å²) in [5, 5.41) is 4.43. The maximum atomic E-state index is 5.48. The highest BCUT2D eigenvalue weighted by molar-refractivity contribution is 7.19. The average molecular weight is 452 g/mol. The van der Waals surface area contributed by atoms with Crippen molar-refractivity contribution in [2.24, 2.45) is 5.92 Å². The zero-order valence-electron chi connectivity index (χ0n) is 17.6. The van der Waals surface area contributed by atoms with E-state index < -0.39 is 0 Å². The van der Waals surface area contributed by atoms with Crippen molar-refractivity contribution in [3.63, 3.8) is 0 Å². The van der Waals surface area contributed by atoms with Crippen LogP contribution in [0, 0.1) is 5.92 Å². The van der Waals surface area contributed by atoms with Gasteiger partial charge in [-0.3, -0.25) is 4.90 Å². The number of fused-ring (bicyclic) bond motifs is 3. The van der Waals surface area contributed by atoms with E-state index in [1.165, 1.54) is 39.9 Å². The van der Waals surface area contributed by atoms with E-state index in [4.69, 9.17) is 14.4 Å². The third-order valence-corrected chi connectivity index (χ3v) is 8.48. The Hall–Kier alpha value is -2.29. The lowest BCUT2D eigenvalue weighted by atomic mass is 9.89. The number of rotatable bonds is 4. The second kappa shape index (κ2) is 8.00. The van der Waals surface area contributed by atoms with Gasteiger partial charge < -0.3 is 9.32 Å². The summed E-state index contributed by atoms with van der Waals surface area (Å²) in [5.41, 5.74) is 2.64.